The number of hydrogen-bond acceptors (Lipinski definition) is 2. The summed E-state index contributed by atoms with van der Waals surface area (Å²) in [6.07, 6.45) is -4.17. The average Bonchev–Trinajstić information content (AvgIpc) is 2.43. The molecule has 21 heavy (non-hydrogen) atoms. The first kappa shape index (κ1) is 16.4. The van der Waals surface area contributed by atoms with Crippen molar-refractivity contribution in [3.63, 3.8) is 0 Å². The van der Waals surface area contributed by atoms with Gasteiger partial charge in [0.1, 0.15) is 11.4 Å². The molecule has 1 heterocycles. The predicted octanol–water partition coefficient (Wildman–Crippen LogP) is 3.91. The van der Waals surface area contributed by atoms with E-state index in [1.165, 1.54) is 47.7 Å². The van der Waals surface area contributed by atoms with E-state index in [0.29, 0.717) is 0 Å². The summed E-state index contributed by atoms with van der Waals surface area (Å²) in [6.45, 7) is 4.76. The van der Waals surface area contributed by atoms with Gasteiger partial charge in [-0.15, -0.1) is 0 Å². The van der Waals surface area contributed by atoms with E-state index in [9.17, 15) is 17.6 Å². The van der Waals surface area contributed by atoms with Crippen LogP contribution in [0.2, 0.25) is 0 Å². The third-order valence-corrected chi connectivity index (χ3v) is 4.53. The van der Waals surface area contributed by atoms with Crippen LogP contribution in [0.4, 0.5) is 17.6 Å². The largest absolute Gasteiger partial charge is 0.467 e. The summed E-state index contributed by atoms with van der Waals surface area (Å²) in [5.74, 6) is -4.28. The Bertz CT molecular complexity index is 554. The maximum Gasteiger partial charge on any atom is 0.295 e. The molecular weight excluding hydrogens is 401 g/mol. The maximum absolute atomic E-state index is 14.7. The van der Waals surface area contributed by atoms with Crippen LogP contribution in [-0.4, -0.2) is 22.6 Å². The zero-order valence-corrected chi connectivity index (χ0v) is 13.3. The summed E-state index contributed by atoms with van der Waals surface area (Å²) < 4.78 is 60.7. The highest BCUT2D eigenvalue weighted by molar-refractivity contribution is 14.1. The van der Waals surface area contributed by atoms with Gasteiger partial charge >= 0.3 is 0 Å². The van der Waals surface area contributed by atoms with Crippen LogP contribution in [0.1, 0.15) is 12.5 Å². The van der Waals surface area contributed by atoms with Crippen LogP contribution in [0.25, 0.3) is 0 Å². The van der Waals surface area contributed by atoms with Gasteiger partial charge in [0.05, 0.1) is 4.43 Å². The molecular formula is C14H14F4INO. The predicted molar refractivity (Wildman–Crippen MR) is 79.6 cm³/mol. The van der Waals surface area contributed by atoms with E-state index >= 15 is 0 Å². The molecule has 0 unspecified atom stereocenters. The van der Waals surface area contributed by atoms with Crippen molar-refractivity contribution in [1.82, 2.24) is 5.32 Å². The third kappa shape index (κ3) is 2.84. The van der Waals surface area contributed by atoms with E-state index in [4.69, 9.17) is 4.74 Å². The van der Waals surface area contributed by atoms with E-state index in [1.807, 2.05) is 0 Å². The summed E-state index contributed by atoms with van der Waals surface area (Å²) in [4.78, 5) is 0. The first-order valence-corrected chi connectivity index (χ1v) is 7.71. The molecule has 116 valence electrons. The Morgan fingerprint density at radius 3 is 2.62 bits per heavy atom. The smallest absolute Gasteiger partial charge is 0.295 e. The van der Waals surface area contributed by atoms with Crippen LogP contribution in [0.3, 0.4) is 0 Å². The Morgan fingerprint density at radius 2 is 2.05 bits per heavy atom. The van der Waals surface area contributed by atoms with Gasteiger partial charge in [-0.2, -0.15) is 0 Å². The second-order valence-corrected chi connectivity index (χ2v) is 5.83. The molecule has 0 saturated carbocycles. The molecule has 0 radical (unpaired) electrons. The fourth-order valence-electron chi connectivity index (χ4n) is 2.38. The van der Waals surface area contributed by atoms with E-state index in [2.05, 4.69) is 11.9 Å². The summed E-state index contributed by atoms with van der Waals surface area (Å²) in [5, 5.41) is 2.56. The normalized spacial score (nSPS) is 29.7. The third-order valence-electron chi connectivity index (χ3n) is 3.51. The number of rotatable bonds is 3. The minimum absolute atomic E-state index is 0.0452. The van der Waals surface area contributed by atoms with E-state index in [-0.39, 0.29) is 11.4 Å². The van der Waals surface area contributed by atoms with Crippen LogP contribution in [-0.2, 0) is 10.3 Å². The summed E-state index contributed by atoms with van der Waals surface area (Å²) in [7, 11) is 0. The number of alkyl halides is 4. The average molecular weight is 415 g/mol. The van der Waals surface area contributed by atoms with Crippen molar-refractivity contribution in [2.75, 3.05) is 4.43 Å². The molecule has 0 bridgehead atoms. The Kier molecular flexibility index (Phi) is 4.41. The Hall–Kier alpha value is -0.990. The molecule has 2 nitrogen and oxygen atoms in total. The monoisotopic (exact) mass is 415 g/mol. The number of ether oxygens (including phenoxy) is 1. The molecule has 1 saturated heterocycles. The first-order chi connectivity index (χ1) is 9.72. The molecule has 1 aliphatic rings. The minimum atomic E-state index is -3.39. The van der Waals surface area contributed by atoms with Gasteiger partial charge in [-0.05, 0) is 19.6 Å². The SMILES string of the molecule is C=C1N[C@](C)(c2ccccc2F)[C@@H](F)[C@@H](C(F)(F)CI)O1. The lowest BCUT2D eigenvalue weighted by Crippen LogP contribution is -2.62. The van der Waals surface area contributed by atoms with Crippen LogP contribution >= 0.6 is 22.6 Å². The van der Waals surface area contributed by atoms with Crippen LogP contribution in [0, 0.1) is 5.82 Å². The van der Waals surface area contributed by atoms with Crippen molar-refractivity contribution in [1.29, 1.82) is 0 Å². The summed E-state index contributed by atoms with van der Waals surface area (Å²) in [6, 6.07) is 5.47. The molecule has 3 atom stereocenters. The van der Waals surface area contributed by atoms with Gasteiger partial charge in [0.15, 0.2) is 18.2 Å². The summed E-state index contributed by atoms with van der Waals surface area (Å²) >= 11 is 1.46. The Balaban J connectivity index is 2.48. The maximum atomic E-state index is 14.7. The van der Waals surface area contributed by atoms with Crippen molar-refractivity contribution in [3.05, 3.63) is 48.1 Å². The van der Waals surface area contributed by atoms with Crippen molar-refractivity contribution in [3.8, 4) is 0 Å². The highest BCUT2D eigenvalue weighted by Gasteiger charge is 2.57. The molecule has 1 aromatic rings. The number of hydrogen-bond donors (Lipinski definition) is 1. The quantitative estimate of drug-likeness (QED) is 0.460. The summed E-state index contributed by atoms with van der Waals surface area (Å²) in [5.41, 5.74) is -1.73. The van der Waals surface area contributed by atoms with Gasteiger partial charge in [0.25, 0.3) is 5.92 Å². The number of halogens is 5. The molecule has 7 heteroatoms. The topological polar surface area (TPSA) is 21.3 Å². The fourth-order valence-corrected chi connectivity index (χ4v) is 2.81. The molecule has 0 aromatic heterocycles. The van der Waals surface area contributed by atoms with Crippen molar-refractivity contribution >= 4 is 22.6 Å². The van der Waals surface area contributed by atoms with Crippen molar-refractivity contribution in [2.24, 2.45) is 0 Å². The fraction of sp³-hybridized carbons (Fsp3) is 0.429. The second-order valence-electron chi connectivity index (χ2n) is 5.07. The molecule has 2 rings (SSSR count). The molecule has 1 N–H and O–H groups in total. The standard InChI is InChI=1S/C14H14F4INO/c1-8-20-13(2,9-5-3-4-6-10(9)15)11(16)12(21-8)14(17,18)7-19/h3-6,11-12,20H,1,7H2,2H3/t11-,12-,13+/m0/s1. The molecule has 1 fully saturated rings. The zero-order valence-electron chi connectivity index (χ0n) is 11.2. The lowest BCUT2D eigenvalue weighted by Gasteiger charge is -2.45. The Labute approximate surface area is 133 Å². The number of benzene rings is 1. The van der Waals surface area contributed by atoms with Gasteiger partial charge < -0.3 is 10.1 Å². The lowest BCUT2D eigenvalue weighted by molar-refractivity contribution is -0.170. The molecule has 0 spiro atoms. The molecule has 1 aliphatic heterocycles. The van der Waals surface area contributed by atoms with Gasteiger partial charge in [-0.25, -0.2) is 17.6 Å². The minimum Gasteiger partial charge on any atom is -0.467 e. The molecule has 0 aliphatic carbocycles. The highest BCUT2D eigenvalue weighted by atomic mass is 127. The Morgan fingerprint density at radius 1 is 1.43 bits per heavy atom. The van der Waals surface area contributed by atoms with E-state index in [1.54, 1.807) is 0 Å². The highest BCUT2D eigenvalue weighted by Crippen LogP contribution is 2.41. The van der Waals surface area contributed by atoms with E-state index in [0.717, 1.165) is 6.07 Å². The van der Waals surface area contributed by atoms with Crippen molar-refractivity contribution < 1.29 is 22.3 Å². The van der Waals surface area contributed by atoms with Gasteiger partial charge in [-0.1, -0.05) is 40.8 Å². The first-order valence-electron chi connectivity index (χ1n) is 6.19. The van der Waals surface area contributed by atoms with Crippen LogP contribution in [0.15, 0.2) is 36.7 Å². The van der Waals surface area contributed by atoms with Crippen molar-refractivity contribution in [2.45, 2.75) is 30.7 Å². The van der Waals surface area contributed by atoms with Gasteiger partial charge in [0, 0.05) is 5.56 Å². The van der Waals surface area contributed by atoms with Gasteiger partial charge in [0.2, 0.25) is 0 Å². The van der Waals surface area contributed by atoms with Crippen LogP contribution < -0.4 is 5.32 Å². The van der Waals surface area contributed by atoms with E-state index < -0.39 is 34.0 Å². The zero-order chi connectivity index (χ0) is 15.8. The van der Waals surface area contributed by atoms with Crippen LogP contribution in [0.5, 0.6) is 0 Å². The molecule has 0 amide bonds. The lowest BCUT2D eigenvalue weighted by atomic mass is 9.81. The molecule has 1 aromatic carbocycles. The number of nitrogens with one attached hydrogen (secondary N) is 1. The van der Waals surface area contributed by atoms with Gasteiger partial charge in [-0.3, -0.25) is 0 Å². The second kappa shape index (κ2) is 5.66.